The number of para-hydroxylation sites is 1. The number of carbonyl (C=O) groups excluding carboxylic acids is 1. The van der Waals surface area contributed by atoms with Gasteiger partial charge in [0.1, 0.15) is 5.65 Å². The van der Waals surface area contributed by atoms with E-state index in [1.807, 2.05) is 18.2 Å². The molecular formula is C22H27N5O3. The fourth-order valence-electron chi connectivity index (χ4n) is 4.30. The normalized spacial score (nSPS) is 16.3. The summed E-state index contributed by atoms with van der Waals surface area (Å²) in [5.41, 5.74) is 2.32. The lowest BCUT2D eigenvalue weighted by Crippen LogP contribution is -2.31. The van der Waals surface area contributed by atoms with Crippen molar-refractivity contribution in [1.29, 1.82) is 0 Å². The van der Waals surface area contributed by atoms with E-state index < -0.39 is 0 Å². The number of carbonyl (C=O) groups is 1. The Labute approximate surface area is 173 Å². The van der Waals surface area contributed by atoms with E-state index in [1.165, 1.54) is 10.4 Å². The Morgan fingerprint density at radius 1 is 1.20 bits per heavy atom. The first-order valence-electron chi connectivity index (χ1n) is 10.3. The number of aromatic nitrogens is 3. The Morgan fingerprint density at radius 2 is 1.97 bits per heavy atom. The van der Waals surface area contributed by atoms with Crippen molar-refractivity contribution in [2.45, 2.75) is 26.2 Å². The van der Waals surface area contributed by atoms with Crippen molar-refractivity contribution >= 4 is 22.6 Å². The van der Waals surface area contributed by atoms with Gasteiger partial charge in [-0.05, 0) is 43.4 Å². The number of hydrogen-bond acceptors (Lipinski definition) is 4. The van der Waals surface area contributed by atoms with Crippen LogP contribution >= 0.6 is 0 Å². The number of benzene rings is 1. The number of hydrogen-bond donors (Lipinski definition) is 3. The molecule has 1 amide bonds. The van der Waals surface area contributed by atoms with E-state index in [4.69, 9.17) is 0 Å². The van der Waals surface area contributed by atoms with Gasteiger partial charge in [0.2, 0.25) is 5.91 Å². The molecule has 3 N–H and O–H groups in total. The molecule has 4 rings (SSSR count). The van der Waals surface area contributed by atoms with Crippen LogP contribution in [0.3, 0.4) is 0 Å². The summed E-state index contributed by atoms with van der Waals surface area (Å²) in [5.74, 6) is 0.340. The van der Waals surface area contributed by atoms with Crippen LogP contribution in [0, 0.1) is 12.8 Å². The zero-order valence-electron chi connectivity index (χ0n) is 17.3. The lowest BCUT2D eigenvalue weighted by atomic mass is 10.0. The predicted molar refractivity (Wildman–Crippen MR) is 117 cm³/mol. The molecule has 3 heterocycles. The van der Waals surface area contributed by atoms with Gasteiger partial charge in [-0.2, -0.15) is 0 Å². The quantitative estimate of drug-likeness (QED) is 0.573. The Hall–Kier alpha value is -3.29. The highest BCUT2D eigenvalue weighted by atomic mass is 16.2. The fraction of sp³-hybridized carbons (Fsp3) is 0.409. The molecule has 0 aliphatic carbocycles. The van der Waals surface area contributed by atoms with Crippen LogP contribution in [0.25, 0.3) is 11.0 Å². The number of H-pyrrole nitrogens is 2. The minimum Gasteiger partial charge on any atom is -0.371 e. The second-order valence-electron chi connectivity index (χ2n) is 8.02. The van der Waals surface area contributed by atoms with Gasteiger partial charge in [-0.1, -0.05) is 18.2 Å². The van der Waals surface area contributed by atoms with Crippen LogP contribution in [0.15, 0.2) is 39.9 Å². The Morgan fingerprint density at radius 3 is 2.73 bits per heavy atom. The topological polar surface area (TPSA) is 103 Å². The third-order valence-corrected chi connectivity index (χ3v) is 6.00. The van der Waals surface area contributed by atoms with Gasteiger partial charge in [0, 0.05) is 44.4 Å². The molecule has 0 spiro atoms. The maximum atomic E-state index is 12.4. The van der Waals surface area contributed by atoms with E-state index in [2.05, 4.69) is 32.4 Å². The molecule has 0 unspecified atom stereocenters. The number of aryl methyl sites for hydroxylation is 2. The first-order valence-corrected chi connectivity index (χ1v) is 10.3. The first kappa shape index (κ1) is 20.0. The summed E-state index contributed by atoms with van der Waals surface area (Å²) in [4.78, 5) is 42.0. The predicted octanol–water partition coefficient (Wildman–Crippen LogP) is 1.44. The lowest BCUT2D eigenvalue weighted by molar-refractivity contribution is -0.121. The summed E-state index contributed by atoms with van der Waals surface area (Å²) < 4.78 is 1.50. The molecule has 158 valence electrons. The fourth-order valence-corrected chi connectivity index (χ4v) is 4.30. The molecule has 0 radical (unpaired) electrons. The lowest BCUT2D eigenvalue weighted by Gasteiger charge is -2.18. The van der Waals surface area contributed by atoms with Crippen molar-refractivity contribution in [3.8, 4) is 0 Å². The van der Waals surface area contributed by atoms with Crippen LogP contribution in [-0.4, -0.2) is 40.3 Å². The van der Waals surface area contributed by atoms with E-state index in [0.717, 1.165) is 19.5 Å². The monoisotopic (exact) mass is 409 g/mol. The van der Waals surface area contributed by atoms with Gasteiger partial charge in [-0.3, -0.25) is 24.2 Å². The molecule has 3 aromatic rings. The van der Waals surface area contributed by atoms with Crippen molar-refractivity contribution in [3.05, 3.63) is 62.2 Å². The summed E-state index contributed by atoms with van der Waals surface area (Å²) in [7, 11) is 1.67. The number of aromatic amines is 2. The van der Waals surface area contributed by atoms with Crippen LogP contribution in [0.2, 0.25) is 0 Å². The molecule has 8 heteroatoms. The van der Waals surface area contributed by atoms with Gasteiger partial charge in [0.15, 0.2) is 0 Å². The van der Waals surface area contributed by atoms with Gasteiger partial charge in [-0.25, -0.2) is 0 Å². The molecule has 1 aromatic carbocycles. The van der Waals surface area contributed by atoms with E-state index >= 15 is 0 Å². The Kier molecular flexibility index (Phi) is 5.48. The summed E-state index contributed by atoms with van der Waals surface area (Å²) in [6.45, 7) is 4.31. The Bertz CT molecular complexity index is 1180. The van der Waals surface area contributed by atoms with Gasteiger partial charge >= 0.3 is 0 Å². The minimum atomic E-state index is -0.253. The van der Waals surface area contributed by atoms with Gasteiger partial charge in [0.25, 0.3) is 11.1 Å². The molecule has 1 aliphatic heterocycles. The zero-order chi connectivity index (χ0) is 21.3. The standard InChI is InChI=1S/C22H27N5O3/c1-14-17(21(29)24-20-19(14)22(30)25-26(20)2)8-9-18(28)23-12-15-10-11-27(13-15)16-6-4-3-5-7-16/h3-7,15H,8-13H2,1-2H3,(H,23,28)(H,24,29)(H,25,30)/t15-/m0/s1. The van der Waals surface area contributed by atoms with Crippen molar-refractivity contribution in [3.63, 3.8) is 0 Å². The molecular weight excluding hydrogens is 382 g/mol. The molecule has 0 saturated carbocycles. The van der Waals surface area contributed by atoms with Crippen LogP contribution in [0.4, 0.5) is 5.69 Å². The molecule has 1 aliphatic rings. The number of rotatable bonds is 6. The number of amides is 1. The molecule has 2 aromatic heterocycles. The smallest absolute Gasteiger partial charge is 0.273 e. The average molecular weight is 409 g/mol. The van der Waals surface area contributed by atoms with Crippen LogP contribution < -0.4 is 21.3 Å². The van der Waals surface area contributed by atoms with Crippen LogP contribution in [0.5, 0.6) is 0 Å². The number of nitrogens with one attached hydrogen (secondary N) is 3. The van der Waals surface area contributed by atoms with Crippen LogP contribution in [-0.2, 0) is 18.3 Å². The number of nitrogens with zero attached hydrogens (tertiary/aromatic N) is 2. The van der Waals surface area contributed by atoms with E-state index in [9.17, 15) is 14.4 Å². The highest BCUT2D eigenvalue weighted by Gasteiger charge is 2.23. The highest BCUT2D eigenvalue weighted by molar-refractivity contribution is 5.80. The summed E-state index contributed by atoms with van der Waals surface area (Å²) in [6.07, 6.45) is 1.56. The van der Waals surface area contributed by atoms with Gasteiger partial charge in [0.05, 0.1) is 5.39 Å². The van der Waals surface area contributed by atoms with E-state index in [-0.39, 0.29) is 23.4 Å². The summed E-state index contributed by atoms with van der Waals surface area (Å²) in [5, 5.41) is 6.13. The third kappa shape index (κ3) is 3.90. The molecule has 1 fully saturated rings. The van der Waals surface area contributed by atoms with Crippen molar-refractivity contribution < 1.29 is 4.79 Å². The number of pyridine rings is 1. The second-order valence-corrected chi connectivity index (χ2v) is 8.02. The molecule has 0 bridgehead atoms. The first-order chi connectivity index (χ1) is 14.4. The third-order valence-electron chi connectivity index (χ3n) is 6.00. The SMILES string of the molecule is Cc1c(CCC(=O)NC[C@@H]2CCN(c3ccccc3)C2)c(=O)[nH]c2c1c(=O)[nH]n2C. The van der Waals surface area contributed by atoms with Crippen molar-refractivity contribution in [2.24, 2.45) is 13.0 Å². The molecule has 30 heavy (non-hydrogen) atoms. The van der Waals surface area contributed by atoms with Crippen molar-refractivity contribution in [2.75, 3.05) is 24.5 Å². The van der Waals surface area contributed by atoms with Crippen molar-refractivity contribution in [1.82, 2.24) is 20.1 Å². The molecule has 8 nitrogen and oxygen atoms in total. The minimum absolute atomic E-state index is 0.0750. The number of anilines is 1. The molecule has 1 atom stereocenters. The summed E-state index contributed by atoms with van der Waals surface area (Å²) >= 11 is 0. The van der Waals surface area contributed by atoms with E-state index in [1.54, 1.807) is 14.0 Å². The summed E-state index contributed by atoms with van der Waals surface area (Å²) in [6, 6.07) is 10.3. The number of fused-ring (bicyclic) bond motifs is 1. The van der Waals surface area contributed by atoms with Crippen LogP contribution in [0.1, 0.15) is 24.0 Å². The highest BCUT2D eigenvalue weighted by Crippen LogP contribution is 2.23. The second kappa shape index (κ2) is 8.22. The molecule has 1 saturated heterocycles. The zero-order valence-corrected chi connectivity index (χ0v) is 17.3. The largest absolute Gasteiger partial charge is 0.371 e. The average Bonchev–Trinajstić information content (AvgIpc) is 3.31. The van der Waals surface area contributed by atoms with Gasteiger partial charge in [-0.15, -0.1) is 0 Å². The maximum absolute atomic E-state index is 12.4. The van der Waals surface area contributed by atoms with E-state index in [0.29, 0.717) is 41.0 Å². The maximum Gasteiger partial charge on any atom is 0.273 e. The van der Waals surface area contributed by atoms with Gasteiger partial charge < -0.3 is 15.2 Å². The Balaban J connectivity index is 1.33.